The summed E-state index contributed by atoms with van der Waals surface area (Å²) in [5, 5.41) is 8.93. The van der Waals surface area contributed by atoms with E-state index in [1.54, 1.807) is 0 Å². The number of aliphatic hydroxyl groups excluding tert-OH is 1. The molecule has 0 saturated heterocycles. The Morgan fingerprint density at radius 1 is 1.45 bits per heavy atom. The Labute approximate surface area is 120 Å². The summed E-state index contributed by atoms with van der Waals surface area (Å²) in [6.07, 6.45) is 1.29. The molecule has 0 atom stereocenters. The van der Waals surface area contributed by atoms with Crippen LogP contribution < -0.4 is 0 Å². The van der Waals surface area contributed by atoms with E-state index in [1.165, 1.54) is 23.9 Å². The molecule has 2 rings (SSSR count). The van der Waals surface area contributed by atoms with Crippen LogP contribution in [0.3, 0.4) is 0 Å². The minimum absolute atomic E-state index is 0.0464. The quantitative estimate of drug-likeness (QED) is 0.931. The third kappa shape index (κ3) is 2.84. The molecule has 0 saturated carbocycles. The van der Waals surface area contributed by atoms with Crippen LogP contribution in [-0.4, -0.2) is 23.1 Å². The Balaban J connectivity index is 2.38. The lowest BCUT2D eigenvalue weighted by molar-refractivity contribution is 0.271. The van der Waals surface area contributed by atoms with Gasteiger partial charge < -0.3 is 9.67 Å². The average Bonchev–Trinajstić information content (AvgIpc) is 2.74. The molecule has 0 unspecified atom stereocenters. The van der Waals surface area contributed by atoms with Crippen LogP contribution in [0, 0.1) is 5.82 Å². The predicted octanol–water partition coefficient (Wildman–Crippen LogP) is 1.68. The van der Waals surface area contributed by atoms with Crippen molar-refractivity contribution in [2.75, 3.05) is 0 Å². The number of imidazole rings is 1. The van der Waals surface area contributed by atoms with Gasteiger partial charge in [-0.2, -0.15) is 0 Å². The van der Waals surface area contributed by atoms with Gasteiger partial charge in [-0.25, -0.2) is 17.8 Å². The Hall–Kier alpha value is -1.44. The SMILES string of the molecule is Cn1c(CO)cnc1S(=O)(=O)Cc1ccc(F)cc1Cl. The van der Waals surface area contributed by atoms with Gasteiger partial charge in [-0.3, -0.25) is 0 Å². The highest BCUT2D eigenvalue weighted by Gasteiger charge is 2.23. The molecule has 0 spiro atoms. The summed E-state index contributed by atoms with van der Waals surface area (Å²) in [7, 11) is -2.24. The van der Waals surface area contributed by atoms with Gasteiger partial charge in [0.1, 0.15) is 5.82 Å². The van der Waals surface area contributed by atoms with Crippen LogP contribution in [0.25, 0.3) is 0 Å². The molecule has 1 aromatic heterocycles. The number of hydrogen-bond acceptors (Lipinski definition) is 4. The topological polar surface area (TPSA) is 72.2 Å². The van der Waals surface area contributed by atoms with Crippen molar-refractivity contribution in [1.29, 1.82) is 0 Å². The number of hydrogen-bond donors (Lipinski definition) is 1. The van der Waals surface area contributed by atoms with Crippen molar-refractivity contribution in [3.63, 3.8) is 0 Å². The Morgan fingerprint density at radius 2 is 2.15 bits per heavy atom. The molecular formula is C12H12ClFN2O3S. The fraction of sp³-hybridized carbons (Fsp3) is 0.250. The van der Waals surface area contributed by atoms with E-state index in [0.717, 1.165) is 12.1 Å². The zero-order valence-corrected chi connectivity index (χ0v) is 12.1. The van der Waals surface area contributed by atoms with Crippen LogP contribution in [0.15, 0.2) is 29.6 Å². The van der Waals surface area contributed by atoms with Gasteiger partial charge in [-0.1, -0.05) is 17.7 Å². The number of aromatic nitrogens is 2. The molecule has 5 nitrogen and oxygen atoms in total. The summed E-state index contributed by atoms with van der Waals surface area (Å²) in [6.45, 7) is -0.309. The van der Waals surface area contributed by atoms with Crippen molar-refractivity contribution in [2.45, 2.75) is 17.5 Å². The zero-order chi connectivity index (χ0) is 14.9. The number of benzene rings is 1. The maximum atomic E-state index is 12.9. The minimum Gasteiger partial charge on any atom is -0.390 e. The predicted molar refractivity (Wildman–Crippen MR) is 71.4 cm³/mol. The van der Waals surface area contributed by atoms with E-state index >= 15 is 0 Å². The molecule has 0 amide bonds. The molecule has 2 aromatic rings. The van der Waals surface area contributed by atoms with Gasteiger partial charge in [0.25, 0.3) is 0 Å². The third-order valence-corrected chi connectivity index (χ3v) is 4.82. The highest BCUT2D eigenvalue weighted by molar-refractivity contribution is 7.90. The van der Waals surface area contributed by atoms with Crippen LogP contribution in [0.2, 0.25) is 5.02 Å². The molecule has 1 aromatic carbocycles. The van der Waals surface area contributed by atoms with Crippen molar-refractivity contribution in [3.8, 4) is 0 Å². The van der Waals surface area contributed by atoms with E-state index in [1.807, 2.05) is 0 Å². The Bertz CT molecular complexity index is 743. The first-order valence-corrected chi connectivity index (χ1v) is 7.66. The summed E-state index contributed by atoms with van der Waals surface area (Å²) < 4.78 is 38.8. The van der Waals surface area contributed by atoms with E-state index in [0.29, 0.717) is 11.3 Å². The van der Waals surface area contributed by atoms with Gasteiger partial charge in [0.15, 0.2) is 0 Å². The largest absolute Gasteiger partial charge is 0.390 e. The highest BCUT2D eigenvalue weighted by Crippen LogP contribution is 2.22. The first-order valence-electron chi connectivity index (χ1n) is 5.63. The van der Waals surface area contributed by atoms with Crippen LogP contribution in [0.1, 0.15) is 11.3 Å². The number of nitrogens with zero attached hydrogens (tertiary/aromatic N) is 2. The lowest BCUT2D eigenvalue weighted by Gasteiger charge is -2.07. The van der Waals surface area contributed by atoms with E-state index in [-0.39, 0.29) is 22.5 Å². The molecule has 108 valence electrons. The number of halogens is 2. The fourth-order valence-electron chi connectivity index (χ4n) is 1.77. The lowest BCUT2D eigenvalue weighted by Crippen LogP contribution is -2.12. The molecule has 1 N–H and O–H groups in total. The summed E-state index contributed by atoms with van der Waals surface area (Å²) >= 11 is 5.82. The second-order valence-corrected chi connectivity index (χ2v) is 6.53. The second kappa shape index (κ2) is 5.51. The molecule has 0 aliphatic rings. The fourth-order valence-corrected chi connectivity index (χ4v) is 3.62. The van der Waals surface area contributed by atoms with E-state index in [2.05, 4.69) is 4.98 Å². The van der Waals surface area contributed by atoms with Crippen LogP contribution >= 0.6 is 11.6 Å². The lowest BCUT2D eigenvalue weighted by atomic mass is 10.2. The molecule has 1 heterocycles. The third-order valence-electron chi connectivity index (χ3n) is 2.84. The van der Waals surface area contributed by atoms with Gasteiger partial charge in [0.05, 0.1) is 24.3 Å². The molecule has 0 aliphatic heterocycles. The zero-order valence-electron chi connectivity index (χ0n) is 10.5. The smallest absolute Gasteiger partial charge is 0.227 e. The van der Waals surface area contributed by atoms with Gasteiger partial charge in [-0.15, -0.1) is 0 Å². The molecule has 0 fully saturated rings. The van der Waals surface area contributed by atoms with Crippen molar-refractivity contribution >= 4 is 21.4 Å². The molecule has 20 heavy (non-hydrogen) atoms. The van der Waals surface area contributed by atoms with Crippen LogP contribution in [0.5, 0.6) is 0 Å². The van der Waals surface area contributed by atoms with Gasteiger partial charge in [0.2, 0.25) is 15.0 Å². The minimum atomic E-state index is -3.73. The molecule has 0 radical (unpaired) electrons. The van der Waals surface area contributed by atoms with Crippen molar-refractivity contribution in [3.05, 3.63) is 46.5 Å². The molecule has 0 aliphatic carbocycles. The number of sulfone groups is 1. The van der Waals surface area contributed by atoms with E-state index in [4.69, 9.17) is 16.7 Å². The maximum absolute atomic E-state index is 12.9. The van der Waals surface area contributed by atoms with Crippen molar-refractivity contribution in [2.24, 2.45) is 7.05 Å². The first-order chi connectivity index (χ1) is 9.35. The summed E-state index contributed by atoms with van der Waals surface area (Å²) in [6, 6.07) is 3.53. The number of aliphatic hydroxyl groups is 1. The Morgan fingerprint density at radius 3 is 2.70 bits per heavy atom. The summed E-state index contributed by atoms with van der Waals surface area (Å²) in [5.41, 5.74) is 0.676. The van der Waals surface area contributed by atoms with E-state index in [9.17, 15) is 12.8 Å². The summed E-state index contributed by atoms with van der Waals surface area (Å²) in [5.74, 6) is -0.919. The van der Waals surface area contributed by atoms with Gasteiger partial charge >= 0.3 is 0 Å². The maximum Gasteiger partial charge on any atom is 0.227 e. The van der Waals surface area contributed by atoms with Crippen molar-refractivity contribution in [1.82, 2.24) is 9.55 Å². The summed E-state index contributed by atoms with van der Waals surface area (Å²) in [4.78, 5) is 3.80. The van der Waals surface area contributed by atoms with Crippen LogP contribution in [-0.2, 0) is 29.2 Å². The van der Waals surface area contributed by atoms with E-state index < -0.39 is 15.7 Å². The molecular weight excluding hydrogens is 307 g/mol. The highest BCUT2D eigenvalue weighted by atomic mass is 35.5. The average molecular weight is 319 g/mol. The van der Waals surface area contributed by atoms with Gasteiger partial charge in [0, 0.05) is 12.1 Å². The van der Waals surface area contributed by atoms with Crippen LogP contribution in [0.4, 0.5) is 4.39 Å². The standard InChI is InChI=1S/C12H12ClFN2O3S/c1-16-10(6-17)5-15-12(16)20(18,19)7-8-2-3-9(14)4-11(8)13/h2-5,17H,6-7H2,1H3. The van der Waals surface area contributed by atoms with Crippen molar-refractivity contribution < 1.29 is 17.9 Å². The second-order valence-electron chi connectivity index (χ2n) is 4.24. The Kier molecular flexibility index (Phi) is 4.12. The monoisotopic (exact) mass is 318 g/mol. The normalized spacial score (nSPS) is 11.8. The van der Waals surface area contributed by atoms with Gasteiger partial charge in [-0.05, 0) is 17.7 Å². The first kappa shape index (κ1) is 15.0. The molecule has 8 heteroatoms. The molecule has 0 bridgehead atoms. The number of rotatable bonds is 4.